The molecule has 116 valence electrons. The maximum absolute atomic E-state index is 11.9. The number of hydrogen-bond donors (Lipinski definition) is 3. The Morgan fingerprint density at radius 3 is 2.48 bits per heavy atom. The fraction of sp³-hybridized carbons (Fsp3) is 0.385. The molecule has 0 aliphatic rings. The van der Waals surface area contributed by atoms with Gasteiger partial charge in [0, 0.05) is 12.1 Å². The fourth-order valence-corrected chi connectivity index (χ4v) is 2.16. The molecule has 0 unspecified atom stereocenters. The van der Waals surface area contributed by atoms with Crippen LogP contribution >= 0.6 is 0 Å². The van der Waals surface area contributed by atoms with Crippen molar-refractivity contribution in [2.75, 3.05) is 6.54 Å². The van der Waals surface area contributed by atoms with Crippen LogP contribution in [0.5, 0.6) is 0 Å². The van der Waals surface area contributed by atoms with Crippen LogP contribution in [-0.4, -0.2) is 31.9 Å². The Kier molecular flexibility index (Phi) is 5.08. The van der Waals surface area contributed by atoms with Crippen molar-refractivity contribution < 1.29 is 23.1 Å². The van der Waals surface area contributed by atoms with E-state index >= 15 is 0 Å². The van der Waals surface area contributed by atoms with Gasteiger partial charge in [0.25, 0.3) is 5.91 Å². The van der Waals surface area contributed by atoms with Crippen molar-refractivity contribution in [2.45, 2.75) is 19.6 Å². The molecular formula is C13H18N2O5S. The highest BCUT2D eigenvalue weighted by Crippen LogP contribution is 2.14. The van der Waals surface area contributed by atoms with Crippen molar-refractivity contribution in [3.63, 3.8) is 0 Å². The number of nitrogens with two attached hydrogens (primary N) is 1. The van der Waals surface area contributed by atoms with Gasteiger partial charge in [0.05, 0.1) is 11.2 Å². The molecule has 0 aromatic heterocycles. The molecule has 0 spiro atoms. The van der Waals surface area contributed by atoms with Crippen LogP contribution in [0.25, 0.3) is 0 Å². The summed E-state index contributed by atoms with van der Waals surface area (Å²) < 4.78 is 22.1. The second-order valence-corrected chi connectivity index (χ2v) is 6.99. The summed E-state index contributed by atoms with van der Waals surface area (Å²) in [6, 6.07) is 6.00. The zero-order valence-corrected chi connectivity index (χ0v) is 12.6. The highest BCUT2D eigenvalue weighted by molar-refractivity contribution is 7.88. The number of sulfonamides is 1. The molecule has 0 bridgehead atoms. The zero-order chi connectivity index (χ0) is 16.3. The van der Waals surface area contributed by atoms with Crippen LogP contribution in [0.4, 0.5) is 0 Å². The van der Waals surface area contributed by atoms with Crippen LogP contribution in [0.15, 0.2) is 24.3 Å². The summed E-state index contributed by atoms with van der Waals surface area (Å²) in [4.78, 5) is 22.9. The molecule has 4 N–H and O–H groups in total. The predicted octanol–water partition coefficient (Wildman–Crippen LogP) is 0.316. The molecule has 8 heteroatoms. The number of carbonyl (C=O) groups is 2. The van der Waals surface area contributed by atoms with Crippen molar-refractivity contribution in [1.82, 2.24) is 5.32 Å². The topological polar surface area (TPSA) is 127 Å². The third kappa shape index (κ3) is 5.52. The first kappa shape index (κ1) is 17.1. The molecule has 0 radical (unpaired) electrons. The zero-order valence-electron chi connectivity index (χ0n) is 11.8. The molecule has 1 aromatic carbocycles. The summed E-state index contributed by atoms with van der Waals surface area (Å²) in [6.45, 7) is 2.95. The van der Waals surface area contributed by atoms with Gasteiger partial charge in [0.2, 0.25) is 10.0 Å². The molecule has 0 aliphatic heterocycles. The number of aliphatic carboxylic acids is 1. The van der Waals surface area contributed by atoms with Gasteiger partial charge in [0.1, 0.15) is 0 Å². The number of amides is 1. The van der Waals surface area contributed by atoms with Crippen molar-refractivity contribution in [1.29, 1.82) is 0 Å². The average molecular weight is 314 g/mol. The summed E-state index contributed by atoms with van der Waals surface area (Å²) in [5, 5.41) is 16.4. The Balaban J connectivity index is 2.80. The van der Waals surface area contributed by atoms with Gasteiger partial charge in [-0.3, -0.25) is 9.59 Å². The van der Waals surface area contributed by atoms with Crippen molar-refractivity contribution in [3.8, 4) is 0 Å². The molecule has 0 saturated heterocycles. The highest BCUT2D eigenvalue weighted by Gasteiger charge is 2.27. The monoisotopic (exact) mass is 314 g/mol. The predicted molar refractivity (Wildman–Crippen MR) is 77.0 cm³/mol. The van der Waals surface area contributed by atoms with E-state index in [-0.39, 0.29) is 17.9 Å². The minimum Gasteiger partial charge on any atom is -0.481 e. The lowest BCUT2D eigenvalue weighted by Gasteiger charge is -2.19. The number of rotatable bonds is 6. The molecule has 1 amide bonds. The largest absolute Gasteiger partial charge is 0.481 e. The van der Waals surface area contributed by atoms with Gasteiger partial charge in [-0.2, -0.15) is 0 Å². The molecule has 1 rings (SSSR count). The molecule has 0 aliphatic carbocycles. The minimum atomic E-state index is -3.68. The van der Waals surface area contributed by atoms with Crippen molar-refractivity contribution in [2.24, 2.45) is 10.6 Å². The van der Waals surface area contributed by atoms with E-state index < -0.39 is 27.3 Å². The van der Waals surface area contributed by atoms with Gasteiger partial charge in [-0.15, -0.1) is 0 Å². The summed E-state index contributed by atoms with van der Waals surface area (Å²) in [5.41, 5.74) is -0.451. The third-order valence-corrected chi connectivity index (χ3v) is 3.56. The number of benzene rings is 1. The number of carboxylic acids is 1. The van der Waals surface area contributed by atoms with E-state index in [1.54, 1.807) is 6.07 Å². The summed E-state index contributed by atoms with van der Waals surface area (Å²) in [6.07, 6.45) is 0. The van der Waals surface area contributed by atoms with Crippen LogP contribution in [0.1, 0.15) is 29.8 Å². The lowest BCUT2D eigenvalue weighted by Crippen LogP contribution is -2.38. The number of carbonyl (C=O) groups excluding carboxylic acids is 1. The second kappa shape index (κ2) is 6.23. The minimum absolute atomic E-state index is 0.0411. The van der Waals surface area contributed by atoms with E-state index in [2.05, 4.69) is 5.32 Å². The van der Waals surface area contributed by atoms with E-state index in [1.165, 1.54) is 32.0 Å². The Morgan fingerprint density at radius 2 is 1.95 bits per heavy atom. The molecule has 21 heavy (non-hydrogen) atoms. The normalized spacial score (nSPS) is 12.0. The van der Waals surface area contributed by atoms with Crippen LogP contribution in [0.3, 0.4) is 0 Å². The molecule has 1 aromatic rings. The fourth-order valence-electron chi connectivity index (χ4n) is 1.51. The first-order valence-electron chi connectivity index (χ1n) is 6.12. The number of hydrogen-bond acceptors (Lipinski definition) is 4. The average Bonchev–Trinajstić information content (AvgIpc) is 2.34. The van der Waals surface area contributed by atoms with Crippen molar-refractivity contribution in [3.05, 3.63) is 35.4 Å². The standard InChI is InChI=1S/C13H18N2O5S/c1-13(2,12(17)18)8-15-11(16)10-5-3-4-9(6-10)7-21(14,19)20/h3-6H,7-8H2,1-2H3,(H,15,16)(H,17,18)(H2,14,19,20). The molecular weight excluding hydrogens is 296 g/mol. The highest BCUT2D eigenvalue weighted by atomic mass is 32.2. The van der Waals surface area contributed by atoms with E-state index in [4.69, 9.17) is 10.2 Å². The van der Waals surface area contributed by atoms with Gasteiger partial charge in [-0.05, 0) is 31.5 Å². The Labute approximate surface area is 123 Å². The maximum Gasteiger partial charge on any atom is 0.310 e. The number of carboxylic acid groups (broad SMARTS) is 1. The summed E-state index contributed by atoms with van der Waals surface area (Å²) >= 11 is 0. The van der Waals surface area contributed by atoms with Crippen LogP contribution < -0.4 is 10.5 Å². The summed E-state index contributed by atoms with van der Waals surface area (Å²) in [5.74, 6) is -1.86. The van der Waals surface area contributed by atoms with E-state index in [9.17, 15) is 18.0 Å². The van der Waals surface area contributed by atoms with Gasteiger partial charge in [-0.1, -0.05) is 12.1 Å². The molecule has 0 saturated carbocycles. The number of primary sulfonamides is 1. The van der Waals surface area contributed by atoms with E-state index in [0.717, 1.165) is 0 Å². The smallest absolute Gasteiger partial charge is 0.310 e. The molecule has 0 heterocycles. The molecule has 7 nitrogen and oxygen atoms in total. The maximum atomic E-state index is 11.9. The number of nitrogens with one attached hydrogen (secondary N) is 1. The molecule has 0 fully saturated rings. The quantitative estimate of drug-likeness (QED) is 0.696. The van der Waals surface area contributed by atoms with Gasteiger partial charge >= 0.3 is 5.97 Å². The van der Waals surface area contributed by atoms with Gasteiger partial charge in [-0.25, -0.2) is 13.6 Å². The first-order valence-corrected chi connectivity index (χ1v) is 7.84. The SMILES string of the molecule is CC(C)(CNC(=O)c1cccc(CS(N)(=O)=O)c1)C(=O)O. The van der Waals surface area contributed by atoms with Crippen LogP contribution in [0.2, 0.25) is 0 Å². The van der Waals surface area contributed by atoms with Crippen LogP contribution in [-0.2, 0) is 20.6 Å². The van der Waals surface area contributed by atoms with E-state index in [0.29, 0.717) is 5.56 Å². The molecule has 0 atom stereocenters. The van der Waals surface area contributed by atoms with Gasteiger partial charge < -0.3 is 10.4 Å². The second-order valence-electron chi connectivity index (χ2n) is 5.38. The third-order valence-electron chi connectivity index (χ3n) is 2.83. The van der Waals surface area contributed by atoms with Crippen molar-refractivity contribution >= 4 is 21.9 Å². The summed E-state index contributed by atoms with van der Waals surface area (Å²) in [7, 11) is -3.68. The Hall–Kier alpha value is -1.93. The lowest BCUT2D eigenvalue weighted by molar-refractivity contribution is -0.146. The Bertz CT molecular complexity index is 652. The lowest BCUT2D eigenvalue weighted by atomic mass is 9.94. The first-order chi connectivity index (χ1) is 9.51. The van der Waals surface area contributed by atoms with E-state index in [1.807, 2.05) is 0 Å². The Morgan fingerprint density at radius 1 is 1.33 bits per heavy atom. The van der Waals surface area contributed by atoms with Crippen LogP contribution in [0, 0.1) is 5.41 Å². The van der Waals surface area contributed by atoms with Gasteiger partial charge in [0.15, 0.2) is 0 Å².